The smallest absolute Gasteiger partial charge is 0.408 e. The summed E-state index contributed by atoms with van der Waals surface area (Å²) in [7, 11) is 0. The third-order valence-corrected chi connectivity index (χ3v) is 7.09. The Kier molecular flexibility index (Phi) is 4.19. The number of aliphatic hydroxyl groups excluding tert-OH is 1. The lowest BCUT2D eigenvalue weighted by Crippen LogP contribution is -2.61. The minimum absolute atomic E-state index is 0.0338. The average molecular weight is 351 g/mol. The van der Waals surface area contributed by atoms with Crippen molar-refractivity contribution in [2.45, 2.75) is 69.7 Å². The topological polar surface area (TPSA) is 84.3 Å². The highest BCUT2D eigenvalue weighted by Gasteiger charge is 2.51. The standard InChI is InChI=1S/C18H29N3O4/c1-12-16(23)21-13(2-3-14(21)10-20(12)17(24)25)4-8-19-9-7-18(5-6-18)15(22)11-19/h12-15,22H,2-11H2,1H3,(H,24,25)/t12-,13?,14-,15+/m0/s1. The van der Waals surface area contributed by atoms with E-state index in [2.05, 4.69) is 4.90 Å². The van der Waals surface area contributed by atoms with Gasteiger partial charge in [-0.2, -0.15) is 0 Å². The molecule has 0 aromatic carbocycles. The van der Waals surface area contributed by atoms with Crippen LogP contribution in [-0.2, 0) is 4.79 Å². The van der Waals surface area contributed by atoms with Crippen LogP contribution in [0.5, 0.6) is 0 Å². The zero-order valence-corrected chi connectivity index (χ0v) is 14.9. The van der Waals surface area contributed by atoms with Crippen molar-refractivity contribution in [2.24, 2.45) is 5.41 Å². The van der Waals surface area contributed by atoms with Crippen LogP contribution in [0.15, 0.2) is 0 Å². The number of rotatable bonds is 3. The maximum absolute atomic E-state index is 12.7. The second kappa shape index (κ2) is 6.13. The summed E-state index contributed by atoms with van der Waals surface area (Å²) in [5.74, 6) is -0.0447. The highest BCUT2D eigenvalue weighted by molar-refractivity contribution is 5.87. The van der Waals surface area contributed by atoms with E-state index in [-0.39, 0.29) is 29.5 Å². The van der Waals surface area contributed by atoms with Crippen LogP contribution in [0.2, 0.25) is 0 Å². The summed E-state index contributed by atoms with van der Waals surface area (Å²) in [5, 5.41) is 19.6. The molecule has 4 aliphatic rings. The number of amides is 2. The molecule has 1 spiro atoms. The van der Waals surface area contributed by atoms with Gasteiger partial charge in [0.25, 0.3) is 0 Å². The first-order valence-corrected chi connectivity index (χ1v) is 9.63. The number of piperazine rings is 1. The van der Waals surface area contributed by atoms with Crippen LogP contribution in [-0.4, -0.2) is 87.3 Å². The van der Waals surface area contributed by atoms with Gasteiger partial charge in [0.2, 0.25) is 5.91 Å². The summed E-state index contributed by atoms with van der Waals surface area (Å²) in [4.78, 5) is 29.6. The van der Waals surface area contributed by atoms with Crippen LogP contribution in [0.1, 0.15) is 45.4 Å². The van der Waals surface area contributed by atoms with Gasteiger partial charge < -0.3 is 20.0 Å². The van der Waals surface area contributed by atoms with Gasteiger partial charge in [0, 0.05) is 31.7 Å². The molecule has 0 aromatic heterocycles. The Bertz CT molecular complexity index is 565. The van der Waals surface area contributed by atoms with E-state index in [1.165, 1.54) is 17.7 Å². The minimum Gasteiger partial charge on any atom is -0.465 e. The Morgan fingerprint density at radius 1 is 1.24 bits per heavy atom. The number of likely N-dealkylation sites (tertiary alicyclic amines) is 1. The van der Waals surface area contributed by atoms with Gasteiger partial charge in [-0.15, -0.1) is 0 Å². The number of hydrogen-bond acceptors (Lipinski definition) is 4. The number of β-amino-alcohol motifs (C(OH)–C–C–N with tert-alkyl or cyclic N) is 1. The predicted molar refractivity (Wildman–Crippen MR) is 91.2 cm³/mol. The lowest BCUT2D eigenvalue weighted by atomic mass is 9.90. The van der Waals surface area contributed by atoms with E-state index in [1.807, 2.05) is 4.90 Å². The molecule has 4 fully saturated rings. The van der Waals surface area contributed by atoms with E-state index < -0.39 is 12.1 Å². The van der Waals surface area contributed by atoms with Crippen LogP contribution in [0, 0.1) is 5.41 Å². The molecule has 3 heterocycles. The Labute approximate surface area is 148 Å². The molecule has 0 bridgehead atoms. The minimum atomic E-state index is -1.000. The maximum Gasteiger partial charge on any atom is 0.408 e. The van der Waals surface area contributed by atoms with Crippen LogP contribution in [0.4, 0.5) is 4.79 Å². The molecule has 2 amide bonds. The molecule has 1 saturated carbocycles. The maximum atomic E-state index is 12.7. The van der Waals surface area contributed by atoms with Gasteiger partial charge in [0.15, 0.2) is 0 Å². The highest BCUT2D eigenvalue weighted by atomic mass is 16.4. The first-order chi connectivity index (χ1) is 11.9. The van der Waals surface area contributed by atoms with Gasteiger partial charge in [0.05, 0.1) is 6.10 Å². The molecule has 25 heavy (non-hydrogen) atoms. The number of carbonyl (C=O) groups excluding carboxylic acids is 1. The normalized spacial score (nSPS) is 37.4. The lowest BCUT2D eigenvalue weighted by molar-refractivity contribution is -0.144. The number of hydrogen-bond donors (Lipinski definition) is 2. The molecule has 1 aliphatic carbocycles. The molecule has 4 rings (SSSR count). The predicted octanol–water partition coefficient (Wildman–Crippen LogP) is 0.965. The first-order valence-electron chi connectivity index (χ1n) is 9.63. The molecule has 7 nitrogen and oxygen atoms in total. The number of carboxylic acid groups (broad SMARTS) is 1. The molecule has 2 N–H and O–H groups in total. The molecule has 3 aliphatic heterocycles. The average Bonchev–Trinajstić information content (AvgIpc) is 3.24. The molecule has 140 valence electrons. The molecule has 0 radical (unpaired) electrons. The number of piperidine rings is 1. The van der Waals surface area contributed by atoms with Crippen molar-refractivity contribution in [1.29, 1.82) is 0 Å². The third-order valence-electron chi connectivity index (χ3n) is 7.09. The second-order valence-corrected chi connectivity index (χ2v) is 8.46. The van der Waals surface area contributed by atoms with Gasteiger partial charge >= 0.3 is 6.09 Å². The SMILES string of the molecule is C[C@H]1C(=O)N2C(CCN3CCC4(CC4)[C@H](O)C3)CC[C@H]2CN1C(=O)O. The Hall–Kier alpha value is -1.34. The van der Waals surface area contributed by atoms with Crippen molar-refractivity contribution in [2.75, 3.05) is 26.2 Å². The zero-order valence-electron chi connectivity index (χ0n) is 14.9. The quantitative estimate of drug-likeness (QED) is 0.791. The van der Waals surface area contributed by atoms with Crippen molar-refractivity contribution in [1.82, 2.24) is 14.7 Å². The summed E-state index contributed by atoms with van der Waals surface area (Å²) < 4.78 is 0. The monoisotopic (exact) mass is 351 g/mol. The molecule has 1 unspecified atom stereocenters. The summed E-state index contributed by atoms with van der Waals surface area (Å²) in [6.07, 6.45) is 5.00. The lowest BCUT2D eigenvalue weighted by Gasteiger charge is -2.43. The van der Waals surface area contributed by atoms with Gasteiger partial charge in [-0.25, -0.2) is 4.79 Å². The fourth-order valence-corrected chi connectivity index (χ4v) is 5.12. The number of fused-ring (bicyclic) bond motifs is 1. The summed E-state index contributed by atoms with van der Waals surface area (Å²) >= 11 is 0. The van der Waals surface area contributed by atoms with Gasteiger partial charge in [0.1, 0.15) is 6.04 Å². The molecule has 0 aromatic rings. The molecule has 4 atom stereocenters. The summed E-state index contributed by atoms with van der Waals surface area (Å²) in [5.41, 5.74) is 0.230. The largest absolute Gasteiger partial charge is 0.465 e. The first kappa shape index (κ1) is 17.1. The molecular weight excluding hydrogens is 322 g/mol. The Morgan fingerprint density at radius 3 is 2.64 bits per heavy atom. The summed E-state index contributed by atoms with van der Waals surface area (Å²) in [6.45, 7) is 4.84. The number of aliphatic hydroxyl groups is 1. The van der Waals surface area contributed by atoms with E-state index in [1.54, 1.807) is 6.92 Å². The molecule has 7 heteroatoms. The number of carbonyl (C=O) groups is 2. The van der Waals surface area contributed by atoms with Crippen LogP contribution in [0.25, 0.3) is 0 Å². The van der Waals surface area contributed by atoms with E-state index in [4.69, 9.17) is 0 Å². The van der Waals surface area contributed by atoms with Crippen molar-refractivity contribution < 1.29 is 19.8 Å². The molecule has 3 saturated heterocycles. The van der Waals surface area contributed by atoms with E-state index in [9.17, 15) is 19.8 Å². The fraction of sp³-hybridized carbons (Fsp3) is 0.889. The van der Waals surface area contributed by atoms with Crippen molar-refractivity contribution in [3.63, 3.8) is 0 Å². The second-order valence-electron chi connectivity index (χ2n) is 8.46. The van der Waals surface area contributed by atoms with Gasteiger partial charge in [-0.05, 0) is 57.4 Å². The van der Waals surface area contributed by atoms with Crippen LogP contribution < -0.4 is 0 Å². The van der Waals surface area contributed by atoms with E-state index in [0.717, 1.165) is 45.3 Å². The fourth-order valence-electron chi connectivity index (χ4n) is 5.12. The van der Waals surface area contributed by atoms with Crippen LogP contribution >= 0.6 is 0 Å². The van der Waals surface area contributed by atoms with Crippen molar-refractivity contribution >= 4 is 12.0 Å². The molecular formula is C18H29N3O4. The zero-order chi connectivity index (χ0) is 17.8. The van der Waals surface area contributed by atoms with E-state index >= 15 is 0 Å². The van der Waals surface area contributed by atoms with E-state index in [0.29, 0.717) is 6.54 Å². The highest BCUT2D eigenvalue weighted by Crippen LogP contribution is 2.53. The number of nitrogens with zero attached hydrogens (tertiary/aromatic N) is 3. The third kappa shape index (κ3) is 2.91. The van der Waals surface area contributed by atoms with Crippen molar-refractivity contribution in [3.05, 3.63) is 0 Å². The Morgan fingerprint density at radius 2 is 2.00 bits per heavy atom. The Balaban J connectivity index is 1.33. The summed E-state index contributed by atoms with van der Waals surface area (Å²) in [6, 6.07) is -0.336. The van der Waals surface area contributed by atoms with Gasteiger partial charge in [-0.1, -0.05) is 0 Å². The van der Waals surface area contributed by atoms with Crippen molar-refractivity contribution in [3.8, 4) is 0 Å². The van der Waals surface area contributed by atoms with Crippen LogP contribution in [0.3, 0.4) is 0 Å². The van der Waals surface area contributed by atoms with Gasteiger partial charge in [-0.3, -0.25) is 9.69 Å².